The molecule has 1 aliphatic heterocycles. The summed E-state index contributed by atoms with van der Waals surface area (Å²) in [6.45, 7) is 4.40. The summed E-state index contributed by atoms with van der Waals surface area (Å²) in [6.07, 6.45) is -4.36. The van der Waals surface area contributed by atoms with Gasteiger partial charge in [0.15, 0.2) is 11.5 Å². The fourth-order valence-corrected chi connectivity index (χ4v) is 4.77. The molecule has 0 aliphatic carbocycles. The van der Waals surface area contributed by atoms with Crippen molar-refractivity contribution in [3.8, 4) is 5.75 Å². The van der Waals surface area contributed by atoms with Crippen LogP contribution < -0.4 is 15.4 Å². The number of nitrogens with two attached hydrogens (primary N) is 1. The molecule has 1 atom stereocenters. The number of ether oxygens (including phenoxy) is 1. The van der Waals surface area contributed by atoms with Crippen LogP contribution in [-0.4, -0.2) is 54.8 Å². The molecule has 2 aromatic heterocycles. The van der Waals surface area contributed by atoms with Crippen molar-refractivity contribution in [1.82, 2.24) is 24.5 Å². The smallest absolute Gasteiger partial charge is 0.416 e. The summed E-state index contributed by atoms with van der Waals surface area (Å²) in [5.41, 5.74) is 7.36. The second-order valence-electron chi connectivity index (χ2n) is 8.45. The number of para-hydroxylation sites is 1. The van der Waals surface area contributed by atoms with Crippen LogP contribution in [0.15, 0.2) is 42.5 Å². The Morgan fingerprint density at radius 3 is 2.69 bits per heavy atom. The Morgan fingerprint density at radius 1 is 1.14 bits per heavy atom. The molecule has 35 heavy (non-hydrogen) atoms. The number of fused-ring (bicyclic) bond motifs is 3. The highest BCUT2D eigenvalue weighted by Gasteiger charge is 2.32. The summed E-state index contributed by atoms with van der Waals surface area (Å²) in [7, 11) is 0. The Labute approximate surface area is 213 Å². The van der Waals surface area contributed by atoms with Crippen LogP contribution in [0.1, 0.15) is 18.3 Å². The molecule has 1 aliphatic rings. The number of nitrogens with zero attached hydrogens (tertiary/aromatic N) is 6. The Balaban J connectivity index is 1.36. The van der Waals surface area contributed by atoms with Crippen molar-refractivity contribution in [1.29, 1.82) is 0 Å². The maximum atomic E-state index is 13.1. The zero-order valence-corrected chi connectivity index (χ0v) is 21.0. The average Bonchev–Trinajstić information content (AvgIpc) is 3.26. The van der Waals surface area contributed by atoms with Crippen LogP contribution in [0.3, 0.4) is 0 Å². The third-order valence-corrected chi connectivity index (χ3v) is 6.50. The van der Waals surface area contributed by atoms with Gasteiger partial charge in [0.2, 0.25) is 5.95 Å². The Morgan fingerprint density at radius 2 is 1.94 bits per heavy atom. The fourth-order valence-electron chi connectivity index (χ4n) is 4.44. The Hall–Kier alpha value is -2.87. The lowest BCUT2D eigenvalue weighted by Crippen LogP contribution is -2.51. The molecule has 1 saturated heterocycles. The highest BCUT2D eigenvalue weighted by atomic mass is 127. The molecule has 5 rings (SSSR count). The molecule has 0 spiro atoms. The van der Waals surface area contributed by atoms with Crippen LogP contribution in [-0.2, 0) is 12.7 Å². The number of nitrogen functional groups attached to an aromatic ring is 1. The first-order valence-corrected chi connectivity index (χ1v) is 12.6. The Kier molecular flexibility index (Phi) is 6.34. The van der Waals surface area contributed by atoms with Gasteiger partial charge in [0.05, 0.1) is 12.1 Å². The summed E-state index contributed by atoms with van der Waals surface area (Å²) < 4.78 is 47.1. The number of anilines is 2. The van der Waals surface area contributed by atoms with Gasteiger partial charge in [0.25, 0.3) is 0 Å². The molecule has 2 N–H and O–H groups in total. The second-order valence-corrected chi connectivity index (χ2v) is 9.08. The van der Waals surface area contributed by atoms with E-state index in [0.29, 0.717) is 59.2 Å². The number of halogens is 4. The van der Waals surface area contributed by atoms with Gasteiger partial charge in [-0.25, -0.2) is 9.97 Å². The minimum absolute atomic E-state index is 0.0841. The molecular weight excluding hydrogens is 574 g/mol. The van der Waals surface area contributed by atoms with E-state index in [2.05, 4.69) is 44.5 Å². The summed E-state index contributed by atoms with van der Waals surface area (Å²) in [5, 5.41) is 5.37. The number of rotatable bonds is 5. The summed E-state index contributed by atoms with van der Waals surface area (Å²) in [5.74, 6) is 1.46. The molecule has 2 aromatic carbocycles. The van der Waals surface area contributed by atoms with E-state index in [4.69, 9.17) is 15.5 Å². The van der Waals surface area contributed by atoms with E-state index >= 15 is 0 Å². The van der Waals surface area contributed by atoms with Crippen LogP contribution in [0, 0.1) is 0 Å². The molecule has 3 heterocycles. The maximum absolute atomic E-state index is 13.1. The van der Waals surface area contributed by atoms with Gasteiger partial charge in [0.1, 0.15) is 15.9 Å². The molecule has 0 unspecified atom stereocenters. The van der Waals surface area contributed by atoms with Crippen LogP contribution in [0.25, 0.3) is 16.6 Å². The maximum Gasteiger partial charge on any atom is 0.416 e. The SMILES string of the molecule is C[C@@H]1CN(c2cccc(C(F)(F)F)c2)CCN1Cc1nc2c3cccc(OCI)c3nc(N)n2n1. The van der Waals surface area contributed by atoms with Crippen molar-refractivity contribution in [2.45, 2.75) is 25.7 Å². The van der Waals surface area contributed by atoms with E-state index in [-0.39, 0.29) is 12.0 Å². The molecule has 1 fully saturated rings. The van der Waals surface area contributed by atoms with Gasteiger partial charge in [0, 0.05) is 36.7 Å². The topological polar surface area (TPSA) is 84.8 Å². The molecule has 0 saturated carbocycles. The van der Waals surface area contributed by atoms with Crippen molar-refractivity contribution in [2.75, 3.05) is 34.9 Å². The predicted octanol–water partition coefficient (Wildman–Crippen LogP) is 4.36. The Bertz CT molecular complexity index is 1380. The van der Waals surface area contributed by atoms with Crippen LogP contribution >= 0.6 is 22.6 Å². The third kappa shape index (κ3) is 4.68. The van der Waals surface area contributed by atoms with Gasteiger partial charge in [-0.05, 0) is 59.8 Å². The van der Waals surface area contributed by atoms with Gasteiger partial charge in [-0.15, -0.1) is 5.10 Å². The molecule has 184 valence electrons. The van der Waals surface area contributed by atoms with E-state index in [1.165, 1.54) is 16.6 Å². The van der Waals surface area contributed by atoms with E-state index in [9.17, 15) is 13.2 Å². The second kappa shape index (κ2) is 9.30. The number of aromatic nitrogens is 4. The molecule has 12 heteroatoms. The van der Waals surface area contributed by atoms with Crippen molar-refractivity contribution in [3.05, 3.63) is 53.9 Å². The third-order valence-electron chi connectivity index (χ3n) is 6.19. The summed E-state index contributed by atoms with van der Waals surface area (Å²) in [4.78, 5) is 13.4. The van der Waals surface area contributed by atoms with Gasteiger partial charge in [-0.2, -0.15) is 17.7 Å². The van der Waals surface area contributed by atoms with Crippen molar-refractivity contribution in [3.63, 3.8) is 0 Å². The first-order valence-electron chi connectivity index (χ1n) is 11.0. The molecule has 8 nitrogen and oxygen atoms in total. The molecule has 0 radical (unpaired) electrons. The number of hydrogen-bond acceptors (Lipinski definition) is 7. The lowest BCUT2D eigenvalue weighted by atomic mass is 10.1. The van der Waals surface area contributed by atoms with Crippen molar-refractivity contribution in [2.24, 2.45) is 0 Å². The van der Waals surface area contributed by atoms with E-state index in [0.717, 1.165) is 11.5 Å². The van der Waals surface area contributed by atoms with E-state index < -0.39 is 11.7 Å². The quantitative estimate of drug-likeness (QED) is 0.271. The van der Waals surface area contributed by atoms with Crippen molar-refractivity contribution < 1.29 is 17.9 Å². The highest BCUT2D eigenvalue weighted by molar-refractivity contribution is 14.1. The van der Waals surface area contributed by atoms with E-state index in [1.807, 2.05) is 23.1 Å². The van der Waals surface area contributed by atoms with Gasteiger partial charge < -0.3 is 15.4 Å². The lowest BCUT2D eigenvalue weighted by Gasteiger charge is -2.40. The normalized spacial score (nSPS) is 17.4. The first-order chi connectivity index (χ1) is 16.7. The standard InChI is InChI=1S/C23H23F3IN7O/c1-14-11-33(16-5-2-4-15(10-16)23(24,25)26)9-8-32(14)12-19-29-21-17-6-3-7-18(35-13-27)20(17)30-22(28)34(21)31-19/h2-7,10,14H,8-9,11-13H2,1H3,(H2,28,30)/t14-/m1/s1. The van der Waals surface area contributed by atoms with Crippen LogP contribution in [0.5, 0.6) is 5.75 Å². The number of piperazine rings is 1. The van der Waals surface area contributed by atoms with E-state index in [1.54, 1.807) is 6.07 Å². The number of hydrogen-bond donors (Lipinski definition) is 1. The zero-order chi connectivity index (χ0) is 24.7. The predicted molar refractivity (Wildman–Crippen MR) is 136 cm³/mol. The van der Waals surface area contributed by atoms with Crippen LogP contribution in [0.2, 0.25) is 0 Å². The molecule has 0 bridgehead atoms. The van der Waals surface area contributed by atoms with Gasteiger partial charge in [-0.3, -0.25) is 4.90 Å². The summed E-state index contributed by atoms with van der Waals surface area (Å²) in [6, 6.07) is 11.2. The average molecular weight is 597 g/mol. The lowest BCUT2D eigenvalue weighted by molar-refractivity contribution is -0.137. The monoisotopic (exact) mass is 597 g/mol. The van der Waals surface area contributed by atoms with Gasteiger partial charge in [-0.1, -0.05) is 12.1 Å². The zero-order valence-electron chi connectivity index (χ0n) is 18.8. The minimum Gasteiger partial charge on any atom is -0.481 e. The first kappa shape index (κ1) is 23.9. The molecule has 4 aromatic rings. The number of benzene rings is 2. The summed E-state index contributed by atoms with van der Waals surface area (Å²) >= 11 is 2.12. The van der Waals surface area contributed by atoms with Gasteiger partial charge >= 0.3 is 6.18 Å². The van der Waals surface area contributed by atoms with Crippen molar-refractivity contribution >= 4 is 50.8 Å². The largest absolute Gasteiger partial charge is 0.481 e. The molecular formula is C23H23F3IN7O. The highest BCUT2D eigenvalue weighted by Crippen LogP contribution is 2.32. The van der Waals surface area contributed by atoms with Crippen LogP contribution in [0.4, 0.5) is 24.8 Å². The minimum atomic E-state index is -4.36. The number of alkyl halides is 4. The molecule has 0 amide bonds. The fraction of sp³-hybridized carbons (Fsp3) is 0.348.